The van der Waals surface area contributed by atoms with Gasteiger partial charge in [-0.1, -0.05) is 260 Å². The van der Waals surface area contributed by atoms with Crippen LogP contribution in [0.1, 0.15) is 258 Å². The van der Waals surface area contributed by atoms with Crippen LogP contribution >= 0.6 is 7.82 Å². The number of carbonyl (C=O) groups is 1. The molecule has 8 nitrogen and oxygen atoms in total. The summed E-state index contributed by atoms with van der Waals surface area (Å²) in [5.74, 6) is -0.198. The van der Waals surface area contributed by atoms with Crippen LogP contribution in [-0.4, -0.2) is 68.5 Å². The van der Waals surface area contributed by atoms with Gasteiger partial charge in [0.1, 0.15) is 13.2 Å². The molecule has 0 aromatic rings. The Bertz CT molecular complexity index is 1370. The Morgan fingerprint density at radius 3 is 1.27 bits per heavy atom. The molecule has 3 atom stereocenters. The topological polar surface area (TPSA) is 108 Å². The number of likely N-dealkylation sites (N-methyl/N-ethyl adjacent to an activating group) is 1. The number of nitrogens with one attached hydrogen (secondary N) is 1. The number of aliphatic hydroxyl groups excluding tert-OH is 1. The van der Waals surface area contributed by atoms with Gasteiger partial charge in [-0.15, -0.1) is 0 Å². The molecule has 0 bridgehead atoms. The first kappa shape index (κ1) is 67.9. The van der Waals surface area contributed by atoms with Gasteiger partial charge in [0.2, 0.25) is 5.91 Å². The maximum absolute atomic E-state index is 12.9. The number of phosphoric ester groups is 1. The molecule has 0 aromatic heterocycles. The number of amides is 1. The molecule has 2 N–H and O–H groups in total. The van der Waals surface area contributed by atoms with E-state index in [1.165, 1.54) is 167 Å². The van der Waals surface area contributed by atoms with E-state index in [1.807, 2.05) is 27.2 Å². The zero-order valence-corrected chi connectivity index (χ0v) is 47.4. The summed E-state index contributed by atoms with van der Waals surface area (Å²) in [6.07, 6.45) is 71.6. The number of phosphoric acid groups is 1. The van der Waals surface area contributed by atoms with E-state index in [2.05, 4.69) is 79.9 Å². The van der Waals surface area contributed by atoms with E-state index in [9.17, 15) is 19.4 Å². The van der Waals surface area contributed by atoms with Gasteiger partial charge in [0, 0.05) is 6.42 Å². The van der Waals surface area contributed by atoms with Gasteiger partial charge in [0.15, 0.2) is 0 Å². The predicted molar refractivity (Wildman–Crippen MR) is 302 cm³/mol. The van der Waals surface area contributed by atoms with Crippen LogP contribution in [0.2, 0.25) is 0 Å². The highest BCUT2D eigenvalue weighted by Gasteiger charge is 2.23. The lowest BCUT2D eigenvalue weighted by molar-refractivity contribution is -0.870. The van der Waals surface area contributed by atoms with Crippen LogP contribution in [0.3, 0.4) is 0 Å². The first-order valence-corrected chi connectivity index (χ1v) is 30.8. The Morgan fingerprint density at radius 1 is 0.514 bits per heavy atom. The van der Waals surface area contributed by atoms with Crippen molar-refractivity contribution < 1.29 is 32.9 Å². The number of hydrogen-bond donors (Lipinski definition) is 2. The fourth-order valence-electron chi connectivity index (χ4n) is 8.36. The highest BCUT2D eigenvalue weighted by Crippen LogP contribution is 2.38. The molecule has 3 unspecified atom stereocenters. The quantitative estimate of drug-likeness (QED) is 0.0272. The van der Waals surface area contributed by atoms with Crippen LogP contribution in [0.25, 0.3) is 0 Å². The van der Waals surface area contributed by atoms with Crippen LogP contribution in [0, 0.1) is 0 Å². The van der Waals surface area contributed by atoms with E-state index in [0.29, 0.717) is 17.4 Å². The molecule has 0 aromatic carbocycles. The van der Waals surface area contributed by atoms with Crippen molar-refractivity contribution in [1.82, 2.24) is 5.32 Å². The number of rotatable bonds is 53. The molecule has 0 heterocycles. The number of quaternary nitrogens is 1. The molecule has 0 saturated carbocycles. The molecule has 0 fully saturated rings. The Labute approximate surface area is 434 Å². The lowest BCUT2D eigenvalue weighted by Crippen LogP contribution is -2.45. The van der Waals surface area contributed by atoms with Gasteiger partial charge in [0.25, 0.3) is 7.82 Å². The van der Waals surface area contributed by atoms with Crippen LogP contribution in [-0.2, 0) is 18.4 Å². The summed E-state index contributed by atoms with van der Waals surface area (Å²) in [6, 6.07) is -0.884. The molecule has 1 amide bonds. The van der Waals surface area contributed by atoms with Crippen molar-refractivity contribution in [3.8, 4) is 0 Å². The molecule has 0 aliphatic carbocycles. The molecule has 0 rings (SSSR count). The van der Waals surface area contributed by atoms with Crippen molar-refractivity contribution in [1.29, 1.82) is 0 Å². The number of hydrogen-bond acceptors (Lipinski definition) is 6. The van der Waals surface area contributed by atoms with E-state index in [1.54, 1.807) is 6.08 Å². The lowest BCUT2D eigenvalue weighted by Gasteiger charge is -2.29. The van der Waals surface area contributed by atoms with E-state index >= 15 is 0 Å². The number of carbonyl (C=O) groups excluding carboxylic acids is 1. The fourth-order valence-corrected chi connectivity index (χ4v) is 9.08. The normalized spacial score (nSPS) is 14.4. The first-order chi connectivity index (χ1) is 34.0. The van der Waals surface area contributed by atoms with Crippen LogP contribution in [0.15, 0.2) is 72.9 Å². The third-order valence-corrected chi connectivity index (χ3v) is 13.9. The van der Waals surface area contributed by atoms with Gasteiger partial charge in [-0.25, -0.2) is 0 Å². The number of unbranched alkanes of at least 4 members (excludes halogenated alkanes) is 30. The summed E-state index contributed by atoms with van der Waals surface area (Å²) < 4.78 is 23.2. The average Bonchev–Trinajstić information content (AvgIpc) is 3.32. The van der Waals surface area contributed by atoms with Gasteiger partial charge < -0.3 is 28.8 Å². The Morgan fingerprint density at radius 2 is 0.871 bits per heavy atom. The largest absolute Gasteiger partial charge is 0.756 e. The van der Waals surface area contributed by atoms with Crippen LogP contribution < -0.4 is 10.2 Å². The van der Waals surface area contributed by atoms with Crippen molar-refractivity contribution in [2.45, 2.75) is 270 Å². The van der Waals surface area contributed by atoms with Gasteiger partial charge >= 0.3 is 0 Å². The maximum Gasteiger partial charge on any atom is 0.268 e. The van der Waals surface area contributed by atoms with Crippen molar-refractivity contribution in [2.24, 2.45) is 0 Å². The van der Waals surface area contributed by atoms with Gasteiger partial charge in [0.05, 0.1) is 39.9 Å². The summed E-state index contributed by atoms with van der Waals surface area (Å²) in [7, 11) is 1.26. The molecule has 9 heteroatoms. The van der Waals surface area contributed by atoms with Crippen LogP contribution in [0.4, 0.5) is 0 Å². The molecule has 0 aliphatic heterocycles. The zero-order valence-electron chi connectivity index (χ0n) is 46.5. The average molecular weight is 1000 g/mol. The smallest absolute Gasteiger partial charge is 0.268 e. The minimum absolute atomic E-state index is 0.00117. The van der Waals surface area contributed by atoms with Gasteiger partial charge in [-0.05, 0) is 64.2 Å². The monoisotopic (exact) mass is 1000 g/mol. The Balaban J connectivity index is 3.83. The first-order valence-electron chi connectivity index (χ1n) is 29.3. The van der Waals surface area contributed by atoms with E-state index < -0.39 is 20.0 Å². The summed E-state index contributed by atoms with van der Waals surface area (Å²) in [5, 5.41) is 13.8. The minimum atomic E-state index is -4.59. The lowest BCUT2D eigenvalue weighted by atomic mass is 10.0. The SMILES string of the molecule is CC/C=C\C/C=C\C/C=C\C/C=C\C/C=C\CCCCCCCCCCCCCCCCCCCCCCCCCC(=O)NC(COP(=O)([O-])OCC[N+](C)(C)C)C(O)/C=C/CCCCCCCCC. The highest BCUT2D eigenvalue weighted by molar-refractivity contribution is 7.45. The second kappa shape index (κ2) is 51.8. The number of nitrogens with zero attached hydrogens (tertiary/aromatic N) is 1. The number of allylic oxidation sites excluding steroid dienone is 11. The Kier molecular flexibility index (Phi) is 50.3. The molecular weight excluding hydrogens is 888 g/mol. The van der Waals surface area contributed by atoms with Crippen molar-refractivity contribution >= 4 is 13.7 Å². The van der Waals surface area contributed by atoms with Crippen LogP contribution in [0.5, 0.6) is 0 Å². The zero-order chi connectivity index (χ0) is 51.3. The van der Waals surface area contributed by atoms with Gasteiger partial charge in [-0.2, -0.15) is 0 Å². The third-order valence-electron chi connectivity index (χ3n) is 12.9. The predicted octanol–water partition coefficient (Wildman–Crippen LogP) is 17.2. The summed E-state index contributed by atoms with van der Waals surface area (Å²) in [5.41, 5.74) is 0. The fraction of sp³-hybridized carbons (Fsp3) is 0.787. The molecule has 0 spiro atoms. The minimum Gasteiger partial charge on any atom is -0.756 e. The standard InChI is InChI=1S/C61H113N2O6P/c1-6-8-10-12-14-16-17-18-19-20-21-22-23-24-25-26-27-28-29-30-31-32-33-34-35-36-37-38-39-40-41-42-43-44-45-47-49-51-53-55-61(65)62-59(58-69-70(66,67)68-57-56-63(3,4)5)60(64)54-52-50-48-46-15-13-11-9-7-2/h8,10,14,16,18-19,21-22,24-25,52,54,59-60,64H,6-7,9,11-13,15,17,20,23,26-51,53,55-58H2,1-5H3,(H-,62,65,66,67)/b10-8-,16-14-,19-18-,22-21-,25-24-,54-52+. The molecule has 0 radical (unpaired) electrons. The highest BCUT2D eigenvalue weighted by atomic mass is 31.2. The van der Waals surface area contributed by atoms with Crippen molar-refractivity contribution in [3.63, 3.8) is 0 Å². The molecule has 0 aliphatic rings. The van der Waals surface area contributed by atoms with E-state index in [-0.39, 0.29) is 19.1 Å². The van der Waals surface area contributed by atoms with Crippen molar-refractivity contribution in [2.75, 3.05) is 40.9 Å². The maximum atomic E-state index is 12.9. The van der Waals surface area contributed by atoms with Crippen molar-refractivity contribution in [3.05, 3.63) is 72.9 Å². The molecule has 70 heavy (non-hydrogen) atoms. The summed E-state index contributed by atoms with van der Waals surface area (Å²) >= 11 is 0. The second-order valence-corrected chi connectivity index (χ2v) is 22.4. The summed E-state index contributed by atoms with van der Waals surface area (Å²) in [6.45, 7) is 4.51. The molecular formula is C61H113N2O6P. The summed E-state index contributed by atoms with van der Waals surface area (Å²) in [4.78, 5) is 25.3. The number of aliphatic hydroxyl groups is 1. The third kappa shape index (κ3) is 53.7. The van der Waals surface area contributed by atoms with E-state index in [0.717, 1.165) is 70.6 Å². The van der Waals surface area contributed by atoms with Gasteiger partial charge in [-0.3, -0.25) is 9.36 Å². The molecule has 0 saturated heterocycles. The Hall–Kier alpha value is -2.06. The molecule has 408 valence electrons. The van der Waals surface area contributed by atoms with E-state index in [4.69, 9.17) is 9.05 Å². The second-order valence-electron chi connectivity index (χ2n) is 21.0.